The molecule has 4 unspecified atom stereocenters. The van der Waals surface area contributed by atoms with Gasteiger partial charge in [0, 0.05) is 6.42 Å². The second-order valence-corrected chi connectivity index (χ2v) is 12.9. The lowest BCUT2D eigenvalue weighted by atomic mass is 9.46. The van der Waals surface area contributed by atoms with E-state index in [9.17, 15) is 15.0 Å². The second kappa shape index (κ2) is 8.84. The van der Waals surface area contributed by atoms with Crippen molar-refractivity contribution in [1.82, 2.24) is 0 Å². The largest absolute Gasteiger partial charge is 0.390 e. The van der Waals surface area contributed by atoms with Crippen molar-refractivity contribution in [2.45, 2.75) is 112 Å². The van der Waals surface area contributed by atoms with Crippen LogP contribution in [0.3, 0.4) is 0 Å². The molecule has 4 rings (SSSR count). The Morgan fingerprint density at radius 3 is 2.34 bits per heavy atom. The predicted molar refractivity (Wildman–Crippen MR) is 130 cm³/mol. The van der Waals surface area contributed by atoms with Crippen molar-refractivity contribution in [3.05, 3.63) is 11.6 Å². The van der Waals surface area contributed by atoms with Crippen LogP contribution < -0.4 is 0 Å². The Bertz CT molecular complexity index is 741. The molecule has 32 heavy (non-hydrogen) atoms. The van der Waals surface area contributed by atoms with E-state index in [2.05, 4.69) is 41.5 Å². The summed E-state index contributed by atoms with van der Waals surface area (Å²) in [5, 5.41) is 22.3. The van der Waals surface area contributed by atoms with Gasteiger partial charge in [0.1, 0.15) is 0 Å². The Balaban J connectivity index is 1.53. The molecular formula is C29H48O3. The molecule has 4 aliphatic rings. The topological polar surface area (TPSA) is 57.5 Å². The highest BCUT2D eigenvalue weighted by atomic mass is 16.3. The Morgan fingerprint density at radius 2 is 1.69 bits per heavy atom. The summed E-state index contributed by atoms with van der Waals surface area (Å²) >= 11 is 0. The molecule has 3 saturated carbocycles. The van der Waals surface area contributed by atoms with Crippen LogP contribution in [0.5, 0.6) is 0 Å². The SMILES string of the molecule is CCC(C(C)C)C(O)C(O)C(C)[C@H]1CC[C@H]2[C@@H]3CCC4=CC(=O)CC[C@]4(C)[C@H]3CC[C@]12C. The maximum Gasteiger partial charge on any atom is 0.155 e. The number of rotatable bonds is 6. The van der Waals surface area contributed by atoms with Crippen LogP contribution in [-0.4, -0.2) is 28.2 Å². The number of allylic oxidation sites excluding steroid dienone is 1. The molecule has 0 radical (unpaired) electrons. The first-order valence-corrected chi connectivity index (χ1v) is 13.6. The summed E-state index contributed by atoms with van der Waals surface area (Å²) in [4.78, 5) is 12.1. The van der Waals surface area contributed by atoms with E-state index in [-0.39, 0.29) is 22.7 Å². The number of hydrogen-bond donors (Lipinski definition) is 2. The van der Waals surface area contributed by atoms with Gasteiger partial charge in [-0.05, 0) is 103 Å². The molecule has 0 amide bonds. The number of hydrogen-bond acceptors (Lipinski definition) is 3. The maximum atomic E-state index is 12.1. The fourth-order valence-corrected chi connectivity index (χ4v) is 9.37. The molecule has 3 nitrogen and oxygen atoms in total. The van der Waals surface area contributed by atoms with Gasteiger partial charge >= 0.3 is 0 Å². The minimum absolute atomic E-state index is 0.131. The fraction of sp³-hybridized carbons (Fsp3) is 0.897. The Hall–Kier alpha value is -0.670. The maximum absolute atomic E-state index is 12.1. The molecule has 182 valence electrons. The molecule has 0 spiro atoms. The van der Waals surface area contributed by atoms with Gasteiger partial charge in [0.05, 0.1) is 12.2 Å². The molecule has 3 fully saturated rings. The van der Waals surface area contributed by atoms with Crippen LogP contribution in [0.2, 0.25) is 0 Å². The molecule has 0 aliphatic heterocycles. The fourth-order valence-electron chi connectivity index (χ4n) is 9.37. The summed E-state index contributed by atoms with van der Waals surface area (Å²) in [5.41, 5.74) is 1.94. The van der Waals surface area contributed by atoms with E-state index in [1.165, 1.54) is 37.7 Å². The van der Waals surface area contributed by atoms with Crippen LogP contribution in [0.25, 0.3) is 0 Å². The number of fused-ring (bicyclic) bond motifs is 5. The Kier molecular flexibility index (Phi) is 6.75. The van der Waals surface area contributed by atoms with Gasteiger partial charge in [-0.25, -0.2) is 0 Å². The summed E-state index contributed by atoms with van der Waals surface area (Å²) < 4.78 is 0. The predicted octanol–water partition coefficient (Wildman–Crippen LogP) is 6.17. The highest BCUT2D eigenvalue weighted by Crippen LogP contribution is 2.67. The van der Waals surface area contributed by atoms with Gasteiger partial charge < -0.3 is 10.2 Å². The number of carbonyl (C=O) groups is 1. The zero-order valence-corrected chi connectivity index (χ0v) is 21.4. The molecule has 0 saturated heterocycles. The van der Waals surface area contributed by atoms with Crippen LogP contribution in [0.1, 0.15) is 99.3 Å². The Morgan fingerprint density at radius 1 is 0.969 bits per heavy atom. The van der Waals surface area contributed by atoms with Gasteiger partial charge in [0.25, 0.3) is 0 Å². The smallest absolute Gasteiger partial charge is 0.155 e. The molecule has 0 aromatic heterocycles. The van der Waals surface area contributed by atoms with Gasteiger partial charge in [-0.2, -0.15) is 0 Å². The molecule has 4 aliphatic carbocycles. The van der Waals surface area contributed by atoms with Gasteiger partial charge in [-0.1, -0.05) is 53.5 Å². The molecule has 0 bridgehead atoms. The number of carbonyl (C=O) groups excluding carboxylic acids is 1. The van der Waals surface area contributed by atoms with Crippen LogP contribution in [0, 0.1) is 52.3 Å². The van der Waals surface area contributed by atoms with E-state index in [0.717, 1.165) is 37.5 Å². The quantitative estimate of drug-likeness (QED) is 0.515. The molecule has 0 heterocycles. The molecule has 10 atom stereocenters. The van der Waals surface area contributed by atoms with Crippen LogP contribution in [0.4, 0.5) is 0 Å². The minimum Gasteiger partial charge on any atom is -0.390 e. The van der Waals surface area contributed by atoms with Gasteiger partial charge in [-0.3, -0.25) is 4.79 Å². The van der Waals surface area contributed by atoms with Gasteiger partial charge in [0.15, 0.2) is 5.78 Å². The van der Waals surface area contributed by atoms with Crippen molar-refractivity contribution in [3.8, 4) is 0 Å². The first kappa shape index (κ1) is 24.5. The summed E-state index contributed by atoms with van der Waals surface area (Å²) in [5.74, 6) is 3.68. The lowest BCUT2D eigenvalue weighted by molar-refractivity contribution is -0.118. The van der Waals surface area contributed by atoms with E-state index in [0.29, 0.717) is 23.5 Å². The lowest BCUT2D eigenvalue weighted by Gasteiger charge is -2.58. The van der Waals surface area contributed by atoms with Crippen molar-refractivity contribution in [2.75, 3.05) is 0 Å². The zero-order chi connectivity index (χ0) is 23.4. The summed E-state index contributed by atoms with van der Waals surface area (Å²) in [6, 6.07) is 0. The molecule has 2 N–H and O–H groups in total. The monoisotopic (exact) mass is 444 g/mol. The normalized spacial score (nSPS) is 43.0. The third-order valence-electron chi connectivity index (χ3n) is 11.3. The third kappa shape index (κ3) is 3.74. The summed E-state index contributed by atoms with van der Waals surface area (Å²) in [6.07, 6.45) is 10.7. The van der Waals surface area contributed by atoms with Crippen LogP contribution in [-0.2, 0) is 4.79 Å². The average molecular weight is 445 g/mol. The molecule has 3 heteroatoms. The molecular weight excluding hydrogens is 396 g/mol. The van der Waals surface area contributed by atoms with Gasteiger partial charge in [0.2, 0.25) is 0 Å². The third-order valence-corrected chi connectivity index (χ3v) is 11.3. The molecule has 0 aromatic carbocycles. The second-order valence-electron chi connectivity index (χ2n) is 12.9. The lowest BCUT2D eigenvalue weighted by Crippen LogP contribution is -2.52. The summed E-state index contributed by atoms with van der Waals surface area (Å²) in [7, 11) is 0. The van der Waals surface area contributed by atoms with E-state index >= 15 is 0 Å². The van der Waals surface area contributed by atoms with Gasteiger partial charge in [-0.15, -0.1) is 0 Å². The van der Waals surface area contributed by atoms with E-state index < -0.39 is 12.2 Å². The van der Waals surface area contributed by atoms with Crippen molar-refractivity contribution in [3.63, 3.8) is 0 Å². The summed E-state index contributed by atoms with van der Waals surface area (Å²) in [6.45, 7) is 13.6. The Labute approximate surface area is 196 Å². The zero-order valence-electron chi connectivity index (χ0n) is 21.4. The van der Waals surface area contributed by atoms with Crippen molar-refractivity contribution in [1.29, 1.82) is 0 Å². The standard InChI is InChI=1S/C29H48O3/c1-7-21(17(2)3)27(32)26(31)18(4)23-10-11-24-22-9-8-19-16-20(30)12-14-28(19,5)25(22)13-15-29(23,24)6/h16-18,21-27,31-32H,7-15H2,1-6H3/t18?,21?,22-,23+,24-,25-,26?,27?,28-,29+/m0/s1. The number of ketones is 1. The van der Waals surface area contributed by atoms with Crippen molar-refractivity contribution in [2.24, 2.45) is 52.3 Å². The van der Waals surface area contributed by atoms with Crippen molar-refractivity contribution >= 4 is 5.78 Å². The van der Waals surface area contributed by atoms with Crippen LogP contribution >= 0.6 is 0 Å². The molecule has 0 aromatic rings. The number of aliphatic hydroxyl groups is 2. The van der Waals surface area contributed by atoms with E-state index in [1.54, 1.807) is 0 Å². The van der Waals surface area contributed by atoms with E-state index in [1.807, 2.05) is 6.08 Å². The first-order chi connectivity index (χ1) is 15.0. The minimum atomic E-state index is -0.636. The van der Waals surface area contributed by atoms with Crippen molar-refractivity contribution < 1.29 is 15.0 Å². The average Bonchev–Trinajstić information content (AvgIpc) is 3.10. The first-order valence-electron chi connectivity index (χ1n) is 13.6. The number of aliphatic hydroxyl groups excluding tert-OH is 2. The van der Waals surface area contributed by atoms with Crippen LogP contribution in [0.15, 0.2) is 11.6 Å². The highest BCUT2D eigenvalue weighted by molar-refractivity contribution is 5.91. The highest BCUT2D eigenvalue weighted by Gasteiger charge is 2.60. The van der Waals surface area contributed by atoms with E-state index in [4.69, 9.17) is 0 Å².